The molecule has 13 heavy (non-hydrogen) atoms. The number of hydrogen-bond acceptors (Lipinski definition) is 3. The van der Waals surface area contributed by atoms with E-state index >= 15 is 0 Å². The van der Waals surface area contributed by atoms with Crippen molar-refractivity contribution in [3.63, 3.8) is 0 Å². The zero-order valence-corrected chi connectivity index (χ0v) is 8.16. The number of nitrogens with zero attached hydrogens (tertiary/aromatic N) is 2. The molecule has 0 aliphatic carbocycles. The van der Waals surface area contributed by atoms with Gasteiger partial charge in [0, 0.05) is 11.9 Å². The van der Waals surface area contributed by atoms with E-state index in [0.29, 0.717) is 0 Å². The lowest BCUT2D eigenvalue weighted by atomic mass is 10.2. The summed E-state index contributed by atoms with van der Waals surface area (Å²) in [6.45, 7) is 4.43. The molecule has 3 heteroatoms. The summed E-state index contributed by atoms with van der Waals surface area (Å²) in [5.41, 5.74) is 1.01. The van der Waals surface area contributed by atoms with Crippen LogP contribution in [-0.4, -0.2) is 23.1 Å². The Kier molecular flexibility index (Phi) is 5.10. The van der Waals surface area contributed by atoms with Crippen LogP contribution >= 0.6 is 0 Å². The van der Waals surface area contributed by atoms with E-state index in [0.717, 1.165) is 5.69 Å². The van der Waals surface area contributed by atoms with Crippen molar-refractivity contribution < 1.29 is 0 Å². The minimum Gasteiger partial charge on any atom is -0.317 e. The Labute approximate surface area is 79.6 Å². The highest BCUT2D eigenvalue weighted by Crippen LogP contribution is 1.96. The van der Waals surface area contributed by atoms with Gasteiger partial charge < -0.3 is 5.32 Å². The third-order valence-corrected chi connectivity index (χ3v) is 1.94. The number of aryl methyl sites for hydroxylation is 1. The van der Waals surface area contributed by atoms with Crippen molar-refractivity contribution in [3.8, 4) is 0 Å². The second kappa shape index (κ2) is 6.54. The number of aromatic nitrogens is 2. The Morgan fingerprint density at radius 2 is 2.00 bits per heavy atom. The zero-order chi connectivity index (χ0) is 9.36. The highest BCUT2D eigenvalue weighted by molar-refractivity contribution is 4.92. The predicted molar refractivity (Wildman–Crippen MR) is 53.5 cm³/mol. The molecule has 0 unspecified atom stereocenters. The Hall–Kier alpha value is -0.960. The van der Waals surface area contributed by atoms with Crippen molar-refractivity contribution in [3.05, 3.63) is 24.3 Å². The molecule has 3 nitrogen and oxygen atoms in total. The van der Waals surface area contributed by atoms with Gasteiger partial charge in [-0.25, -0.2) is 9.97 Å². The first-order valence-corrected chi connectivity index (χ1v) is 4.83. The molecule has 1 aromatic rings. The van der Waals surface area contributed by atoms with E-state index in [-0.39, 0.29) is 0 Å². The molecule has 0 amide bonds. The van der Waals surface area contributed by atoms with Crippen LogP contribution in [0.25, 0.3) is 0 Å². The monoisotopic (exact) mass is 179 g/mol. The van der Waals surface area contributed by atoms with Crippen LogP contribution in [0.4, 0.5) is 0 Å². The molecule has 2 rings (SSSR count). The quantitative estimate of drug-likeness (QED) is 0.656. The molecule has 2 heterocycles. The van der Waals surface area contributed by atoms with Crippen molar-refractivity contribution in [1.29, 1.82) is 0 Å². The van der Waals surface area contributed by atoms with Crippen LogP contribution in [0.3, 0.4) is 0 Å². The van der Waals surface area contributed by atoms with Gasteiger partial charge in [0.05, 0.1) is 0 Å². The first-order chi connectivity index (χ1) is 6.39. The van der Waals surface area contributed by atoms with E-state index in [1.54, 1.807) is 6.20 Å². The predicted octanol–water partition coefficient (Wildman–Crippen LogP) is 1.54. The van der Waals surface area contributed by atoms with Crippen molar-refractivity contribution in [1.82, 2.24) is 15.3 Å². The fraction of sp³-hybridized carbons (Fsp3) is 0.600. The molecular weight excluding hydrogens is 162 g/mol. The van der Waals surface area contributed by atoms with Gasteiger partial charge in [-0.1, -0.05) is 6.42 Å². The summed E-state index contributed by atoms with van der Waals surface area (Å²) in [6, 6.07) is 1.86. The summed E-state index contributed by atoms with van der Waals surface area (Å²) in [7, 11) is 0. The number of piperidine rings is 1. The number of nitrogens with one attached hydrogen (secondary N) is 1. The lowest BCUT2D eigenvalue weighted by Gasteiger charge is -2.08. The highest BCUT2D eigenvalue weighted by Gasteiger charge is 1.93. The summed E-state index contributed by atoms with van der Waals surface area (Å²) in [5.74, 6) is 0. The van der Waals surface area contributed by atoms with E-state index < -0.39 is 0 Å². The van der Waals surface area contributed by atoms with Crippen molar-refractivity contribution in [2.24, 2.45) is 0 Å². The van der Waals surface area contributed by atoms with Gasteiger partial charge in [0.2, 0.25) is 0 Å². The molecule has 0 bridgehead atoms. The molecule has 1 saturated heterocycles. The largest absolute Gasteiger partial charge is 0.317 e. The topological polar surface area (TPSA) is 37.8 Å². The molecule has 1 aliphatic heterocycles. The van der Waals surface area contributed by atoms with Crippen LogP contribution in [0.1, 0.15) is 25.0 Å². The lowest BCUT2D eigenvalue weighted by molar-refractivity contribution is 0.520. The molecular formula is C10H17N3. The van der Waals surface area contributed by atoms with E-state index in [9.17, 15) is 0 Å². The molecule has 0 saturated carbocycles. The molecule has 1 aromatic heterocycles. The number of rotatable bonds is 0. The van der Waals surface area contributed by atoms with Gasteiger partial charge in [0.15, 0.2) is 0 Å². The maximum atomic E-state index is 3.87. The molecule has 72 valence electrons. The summed E-state index contributed by atoms with van der Waals surface area (Å²) >= 11 is 0. The van der Waals surface area contributed by atoms with Crippen LogP contribution in [0.2, 0.25) is 0 Å². The maximum Gasteiger partial charge on any atom is 0.115 e. The van der Waals surface area contributed by atoms with Crippen LogP contribution in [-0.2, 0) is 0 Å². The second-order valence-electron chi connectivity index (χ2n) is 3.16. The molecule has 0 aromatic carbocycles. The van der Waals surface area contributed by atoms with Gasteiger partial charge in [-0.3, -0.25) is 0 Å². The summed E-state index contributed by atoms with van der Waals surface area (Å²) in [5, 5.41) is 3.28. The Morgan fingerprint density at radius 1 is 1.23 bits per heavy atom. The second-order valence-corrected chi connectivity index (χ2v) is 3.16. The highest BCUT2D eigenvalue weighted by atomic mass is 14.9. The van der Waals surface area contributed by atoms with Crippen LogP contribution in [0.5, 0.6) is 0 Å². The fourth-order valence-electron chi connectivity index (χ4n) is 1.16. The standard InChI is InChI=1S/C5H6N2.C5H11N/c1-5-2-3-6-4-7-5;1-2-4-6-5-3-1/h2-4H,1H3;6H,1-5H2. The third-order valence-electron chi connectivity index (χ3n) is 1.94. The van der Waals surface area contributed by atoms with Gasteiger partial charge >= 0.3 is 0 Å². The van der Waals surface area contributed by atoms with Gasteiger partial charge in [-0.05, 0) is 38.9 Å². The molecule has 1 fully saturated rings. The molecule has 1 aliphatic rings. The maximum absolute atomic E-state index is 3.87. The van der Waals surface area contributed by atoms with Crippen LogP contribution in [0, 0.1) is 6.92 Å². The van der Waals surface area contributed by atoms with E-state index in [1.807, 2.05) is 13.0 Å². The van der Waals surface area contributed by atoms with E-state index in [2.05, 4.69) is 15.3 Å². The van der Waals surface area contributed by atoms with Crippen molar-refractivity contribution in [2.75, 3.05) is 13.1 Å². The van der Waals surface area contributed by atoms with Gasteiger partial charge in [-0.2, -0.15) is 0 Å². The molecule has 0 spiro atoms. The lowest BCUT2D eigenvalue weighted by Crippen LogP contribution is -2.21. The van der Waals surface area contributed by atoms with Gasteiger partial charge in [-0.15, -0.1) is 0 Å². The minimum absolute atomic E-state index is 1.01. The minimum atomic E-state index is 1.01. The van der Waals surface area contributed by atoms with Crippen molar-refractivity contribution >= 4 is 0 Å². The summed E-state index contributed by atoms with van der Waals surface area (Å²) < 4.78 is 0. The fourth-order valence-corrected chi connectivity index (χ4v) is 1.16. The molecule has 0 radical (unpaired) electrons. The average molecular weight is 179 g/mol. The SMILES string of the molecule is C1CCNCC1.Cc1ccncn1. The average Bonchev–Trinajstić information content (AvgIpc) is 2.22. The van der Waals surface area contributed by atoms with Crippen LogP contribution in [0.15, 0.2) is 18.6 Å². The van der Waals surface area contributed by atoms with E-state index in [4.69, 9.17) is 0 Å². The summed E-state index contributed by atoms with van der Waals surface area (Å²) in [6.07, 6.45) is 7.48. The van der Waals surface area contributed by atoms with E-state index in [1.165, 1.54) is 38.7 Å². The molecule has 1 N–H and O–H groups in total. The summed E-state index contributed by atoms with van der Waals surface area (Å²) in [4.78, 5) is 7.60. The first-order valence-electron chi connectivity index (χ1n) is 4.83. The zero-order valence-electron chi connectivity index (χ0n) is 8.16. The Morgan fingerprint density at radius 3 is 2.23 bits per heavy atom. The smallest absolute Gasteiger partial charge is 0.115 e. The van der Waals surface area contributed by atoms with Crippen molar-refractivity contribution in [2.45, 2.75) is 26.2 Å². The molecule has 0 atom stereocenters. The Balaban J connectivity index is 0.000000132. The third kappa shape index (κ3) is 5.31. The normalized spacial score (nSPS) is 15.8. The number of hydrogen-bond donors (Lipinski definition) is 1. The van der Waals surface area contributed by atoms with Crippen LogP contribution < -0.4 is 5.32 Å². The Bertz CT molecular complexity index is 195. The van der Waals surface area contributed by atoms with Gasteiger partial charge in [0.25, 0.3) is 0 Å². The van der Waals surface area contributed by atoms with Gasteiger partial charge in [0.1, 0.15) is 6.33 Å². The first kappa shape index (κ1) is 10.1.